The first-order valence-electron chi connectivity index (χ1n) is 7.85. The number of carboxylic acids is 1. The van der Waals surface area contributed by atoms with Gasteiger partial charge in [-0.15, -0.1) is 11.8 Å². The van der Waals surface area contributed by atoms with Crippen LogP contribution in [0.2, 0.25) is 0 Å². The first-order chi connectivity index (χ1) is 12.1. The maximum atomic E-state index is 12.1. The lowest BCUT2D eigenvalue weighted by Gasteiger charge is -2.18. The molecule has 25 heavy (non-hydrogen) atoms. The summed E-state index contributed by atoms with van der Waals surface area (Å²) in [6.07, 6.45) is 1.79. The minimum Gasteiger partial charge on any atom is -0.481 e. The molecule has 0 aromatic heterocycles. The molecule has 2 aromatic carbocycles. The van der Waals surface area contributed by atoms with Gasteiger partial charge in [-0.05, 0) is 29.5 Å². The summed E-state index contributed by atoms with van der Waals surface area (Å²) in [5, 5.41) is 11.8. The molecule has 0 aliphatic heterocycles. The predicted octanol–water partition coefficient (Wildman–Crippen LogP) is 3.26. The highest BCUT2D eigenvalue weighted by Crippen LogP contribution is 2.21. The molecule has 0 heterocycles. The molecule has 132 valence electrons. The number of nitrogens with one attached hydrogen (secondary N) is 1. The molecule has 5 nitrogen and oxygen atoms in total. The van der Waals surface area contributed by atoms with E-state index in [2.05, 4.69) is 5.32 Å². The van der Waals surface area contributed by atoms with Gasteiger partial charge in [0.25, 0.3) is 0 Å². The van der Waals surface area contributed by atoms with E-state index in [0.717, 1.165) is 16.0 Å². The van der Waals surface area contributed by atoms with E-state index in [1.54, 1.807) is 11.8 Å². The maximum Gasteiger partial charge on any atom is 0.305 e. The lowest BCUT2D eigenvalue weighted by Crippen LogP contribution is -2.33. The van der Waals surface area contributed by atoms with E-state index >= 15 is 0 Å². The quantitative estimate of drug-likeness (QED) is 0.672. The Morgan fingerprint density at radius 1 is 1.12 bits per heavy atom. The molecule has 1 unspecified atom stereocenters. The summed E-state index contributed by atoms with van der Waals surface area (Å²) in [6, 6.07) is 16.5. The Morgan fingerprint density at radius 3 is 2.40 bits per heavy atom. The van der Waals surface area contributed by atoms with Crippen molar-refractivity contribution < 1.29 is 19.4 Å². The number of thioether (sulfide) groups is 1. The molecule has 1 amide bonds. The third-order valence-corrected chi connectivity index (χ3v) is 4.32. The minimum absolute atomic E-state index is 0.117. The second-order valence-corrected chi connectivity index (χ2v) is 6.35. The topological polar surface area (TPSA) is 75.6 Å². The third-order valence-electron chi connectivity index (χ3n) is 3.58. The van der Waals surface area contributed by atoms with Gasteiger partial charge in [0.2, 0.25) is 5.91 Å². The van der Waals surface area contributed by atoms with E-state index in [1.165, 1.54) is 0 Å². The molecular formula is C19H21NO4S. The third kappa shape index (κ3) is 6.60. The number of rotatable bonds is 9. The standard InChI is InChI=1S/C19H21NO4S/c1-25-16-9-7-15(8-10-16)17(11-19(22)23)20-18(21)13-24-12-14-5-3-2-4-6-14/h2-10,17H,11-13H2,1H3,(H,20,21)(H,22,23). The van der Waals surface area contributed by atoms with Gasteiger partial charge in [0.1, 0.15) is 6.61 Å². The fourth-order valence-electron chi connectivity index (χ4n) is 2.33. The summed E-state index contributed by atoms with van der Waals surface area (Å²) < 4.78 is 5.40. The van der Waals surface area contributed by atoms with Crippen LogP contribution in [0, 0.1) is 0 Å². The van der Waals surface area contributed by atoms with E-state index in [4.69, 9.17) is 9.84 Å². The molecule has 0 aliphatic rings. The maximum absolute atomic E-state index is 12.1. The monoisotopic (exact) mass is 359 g/mol. The summed E-state index contributed by atoms with van der Waals surface area (Å²) in [4.78, 5) is 24.3. The number of benzene rings is 2. The normalized spacial score (nSPS) is 11.7. The Labute approximate surface area is 151 Å². The largest absolute Gasteiger partial charge is 0.481 e. The van der Waals surface area contributed by atoms with Crippen LogP contribution in [-0.4, -0.2) is 29.8 Å². The van der Waals surface area contributed by atoms with Gasteiger partial charge < -0.3 is 15.2 Å². The molecule has 0 spiro atoms. The number of carbonyl (C=O) groups is 2. The van der Waals surface area contributed by atoms with Crippen molar-refractivity contribution in [3.05, 3.63) is 65.7 Å². The van der Waals surface area contributed by atoms with Crippen LogP contribution >= 0.6 is 11.8 Å². The Bertz CT molecular complexity index is 688. The van der Waals surface area contributed by atoms with Crippen molar-refractivity contribution in [1.82, 2.24) is 5.32 Å². The summed E-state index contributed by atoms with van der Waals surface area (Å²) in [5.74, 6) is -1.31. The highest BCUT2D eigenvalue weighted by atomic mass is 32.2. The van der Waals surface area contributed by atoms with Crippen molar-refractivity contribution in [2.45, 2.75) is 24.0 Å². The van der Waals surface area contributed by atoms with Crippen molar-refractivity contribution in [3.63, 3.8) is 0 Å². The van der Waals surface area contributed by atoms with E-state index in [-0.39, 0.29) is 18.9 Å². The fraction of sp³-hybridized carbons (Fsp3) is 0.263. The van der Waals surface area contributed by atoms with Crippen LogP contribution < -0.4 is 5.32 Å². The highest BCUT2D eigenvalue weighted by molar-refractivity contribution is 7.98. The summed E-state index contributed by atoms with van der Waals surface area (Å²) in [5.41, 5.74) is 1.74. The molecule has 6 heteroatoms. The van der Waals surface area contributed by atoms with Gasteiger partial charge in [0, 0.05) is 4.90 Å². The van der Waals surface area contributed by atoms with E-state index in [1.807, 2.05) is 60.9 Å². The molecule has 0 saturated carbocycles. The van der Waals surface area contributed by atoms with Crippen molar-refractivity contribution in [2.24, 2.45) is 0 Å². The van der Waals surface area contributed by atoms with E-state index in [0.29, 0.717) is 6.61 Å². The van der Waals surface area contributed by atoms with Gasteiger partial charge in [0.05, 0.1) is 19.1 Å². The molecule has 0 radical (unpaired) electrons. The van der Waals surface area contributed by atoms with Gasteiger partial charge in [-0.25, -0.2) is 0 Å². The van der Waals surface area contributed by atoms with Crippen molar-refractivity contribution in [1.29, 1.82) is 0 Å². The molecule has 2 N–H and O–H groups in total. The molecule has 0 fully saturated rings. The van der Waals surface area contributed by atoms with Crippen LogP contribution in [-0.2, 0) is 20.9 Å². The van der Waals surface area contributed by atoms with Crippen LogP contribution in [0.5, 0.6) is 0 Å². The molecule has 0 aliphatic carbocycles. The highest BCUT2D eigenvalue weighted by Gasteiger charge is 2.18. The van der Waals surface area contributed by atoms with Gasteiger partial charge in [-0.3, -0.25) is 9.59 Å². The number of ether oxygens (including phenoxy) is 1. The first kappa shape index (κ1) is 19.0. The summed E-state index contributed by atoms with van der Waals surface area (Å²) in [7, 11) is 0. The Balaban J connectivity index is 1.91. The smallest absolute Gasteiger partial charge is 0.305 e. The zero-order chi connectivity index (χ0) is 18.1. The van der Waals surface area contributed by atoms with E-state index < -0.39 is 12.0 Å². The van der Waals surface area contributed by atoms with Gasteiger partial charge in [-0.1, -0.05) is 42.5 Å². The fourth-order valence-corrected chi connectivity index (χ4v) is 2.74. The Morgan fingerprint density at radius 2 is 1.80 bits per heavy atom. The Hall–Kier alpha value is -2.31. The van der Waals surface area contributed by atoms with Gasteiger partial charge in [-0.2, -0.15) is 0 Å². The molecular weight excluding hydrogens is 338 g/mol. The van der Waals surface area contributed by atoms with Crippen LogP contribution in [0.3, 0.4) is 0 Å². The van der Waals surface area contributed by atoms with Crippen molar-refractivity contribution in [2.75, 3.05) is 12.9 Å². The number of aliphatic carboxylic acids is 1. The number of hydrogen-bond acceptors (Lipinski definition) is 4. The minimum atomic E-state index is -0.968. The SMILES string of the molecule is CSc1ccc(C(CC(=O)O)NC(=O)COCc2ccccc2)cc1. The molecule has 0 saturated heterocycles. The van der Waals surface area contributed by atoms with E-state index in [9.17, 15) is 9.59 Å². The number of hydrogen-bond donors (Lipinski definition) is 2. The average Bonchev–Trinajstić information content (AvgIpc) is 2.62. The van der Waals surface area contributed by atoms with Crippen LogP contribution in [0.1, 0.15) is 23.6 Å². The second-order valence-electron chi connectivity index (χ2n) is 5.47. The number of carbonyl (C=O) groups excluding carboxylic acids is 1. The second kappa shape index (κ2) is 9.86. The average molecular weight is 359 g/mol. The first-order valence-corrected chi connectivity index (χ1v) is 9.07. The molecule has 2 rings (SSSR count). The van der Waals surface area contributed by atoms with Crippen LogP contribution in [0.4, 0.5) is 0 Å². The van der Waals surface area contributed by atoms with Gasteiger partial charge in [0.15, 0.2) is 0 Å². The lowest BCUT2D eigenvalue weighted by molar-refractivity contribution is -0.138. The zero-order valence-corrected chi connectivity index (χ0v) is 14.8. The van der Waals surface area contributed by atoms with Crippen LogP contribution in [0.15, 0.2) is 59.5 Å². The van der Waals surface area contributed by atoms with Gasteiger partial charge >= 0.3 is 5.97 Å². The van der Waals surface area contributed by atoms with Crippen LogP contribution in [0.25, 0.3) is 0 Å². The lowest BCUT2D eigenvalue weighted by atomic mass is 10.0. The number of carboxylic acid groups (broad SMARTS) is 1. The van der Waals surface area contributed by atoms with Crippen molar-refractivity contribution in [3.8, 4) is 0 Å². The Kier molecular flexibility index (Phi) is 7.50. The summed E-state index contributed by atoms with van der Waals surface area (Å²) >= 11 is 1.60. The van der Waals surface area contributed by atoms with Crippen molar-refractivity contribution >= 4 is 23.6 Å². The predicted molar refractivity (Wildman–Crippen MR) is 97.5 cm³/mol. The number of amides is 1. The summed E-state index contributed by atoms with van der Waals surface area (Å²) in [6.45, 7) is 0.216. The zero-order valence-electron chi connectivity index (χ0n) is 14.0. The molecule has 1 atom stereocenters. The molecule has 0 bridgehead atoms. The molecule has 2 aromatic rings.